The van der Waals surface area contributed by atoms with Crippen molar-refractivity contribution in [1.29, 1.82) is 0 Å². The lowest BCUT2D eigenvalue weighted by atomic mass is 10.0. The van der Waals surface area contributed by atoms with Crippen molar-refractivity contribution < 1.29 is 19.4 Å². The molecule has 1 saturated heterocycles. The number of aromatic amines is 1. The first-order valence-corrected chi connectivity index (χ1v) is 11.7. The van der Waals surface area contributed by atoms with Gasteiger partial charge in [-0.3, -0.25) is 4.79 Å². The molecule has 2 atom stereocenters. The van der Waals surface area contributed by atoms with E-state index in [2.05, 4.69) is 15.3 Å². The number of nitrogens with one attached hydrogen (secondary N) is 2. The number of aromatic nitrogens is 2. The highest BCUT2D eigenvalue weighted by atomic mass is 35.5. The zero-order valence-electron chi connectivity index (χ0n) is 17.2. The van der Waals surface area contributed by atoms with Crippen LogP contribution in [0.1, 0.15) is 50.8 Å². The first-order valence-electron chi connectivity index (χ1n) is 10.2. The minimum absolute atomic E-state index is 0.207. The number of piperidine rings is 1. The number of aromatic carboxylic acids is 1. The molecule has 2 aromatic heterocycles. The minimum Gasteiger partial charge on any atom is -0.477 e. The summed E-state index contributed by atoms with van der Waals surface area (Å²) in [6.45, 7) is 5.24. The van der Waals surface area contributed by atoms with E-state index in [1.807, 2.05) is 4.90 Å². The highest BCUT2D eigenvalue weighted by molar-refractivity contribution is 7.17. The zero-order chi connectivity index (χ0) is 22.3. The molecule has 0 radical (unpaired) electrons. The number of amides is 1. The van der Waals surface area contributed by atoms with E-state index < -0.39 is 5.97 Å². The molecule has 4 rings (SSSR count). The van der Waals surface area contributed by atoms with Gasteiger partial charge in [-0.1, -0.05) is 34.5 Å². The Balaban J connectivity index is 1.48. The number of rotatable bonds is 7. The van der Waals surface area contributed by atoms with Crippen molar-refractivity contribution in [3.8, 4) is 0 Å². The molecule has 2 fully saturated rings. The molecule has 2 aliphatic rings. The largest absolute Gasteiger partial charge is 0.477 e. The molecule has 31 heavy (non-hydrogen) atoms. The molecule has 1 saturated carbocycles. The number of carboxylic acids is 1. The van der Waals surface area contributed by atoms with Gasteiger partial charge in [0.1, 0.15) is 10.6 Å². The van der Waals surface area contributed by atoms with Crippen molar-refractivity contribution >= 4 is 51.5 Å². The fourth-order valence-electron chi connectivity index (χ4n) is 3.65. The molecule has 8 nitrogen and oxygen atoms in total. The molecular formula is C20H24Cl2N4O4S. The van der Waals surface area contributed by atoms with Crippen molar-refractivity contribution in [3.63, 3.8) is 0 Å². The van der Waals surface area contributed by atoms with Crippen LogP contribution in [0.3, 0.4) is 0 Å². The first kappa shape index (κ1) is 22.4. The van der Waals surface area contributed by atoms with Gasteiger partial charge in [-0.25, -0.2) is 9.78 Å². The average Bonchev–Trinajstić information content (AvgIpc) is 3.43. The monoisotopic (exact) mass is 486 g/mol. The number of thiazole rings is 1. The van der Waals surface area contributed by atoms with Crippen molar-refractivity contribution in [2.75, 3.05) is 24.6 Å². The summed E-state index contributed by atoms with van der Waals surface area (Å²) >= 11 is 13.5. The Morgan fingerprint density at radius 1 is 1.29 bits per heavy atom. The highest BCUT2D eigenvalue weighted by Gasteiger charge is 2.35. The number of hydrogen-bond donors (Lipinski definition) is 3. The third kappa shape index (κ3) is 4.84. The summed E-state index contributed by atoms with van der Waals surface area (Å²) in [7, 11) is 0. The predicted octanol–water partition coefficient (Wildman–Crippen LogP) is 3.90. The zero-order valence-corrected chi connectivity index (χ0v) is 19.5. The van der Waals surface area contributed by atoms with Gasteiger partial charge in [0.05, 0.1) is 27.9 Å². The van der Waals surface area contributed by atoms with Crippen LogP contribution in [0.25, 0.3) is 0 Å². The molecule has 0 aromatic carbocycles. The molecule has 11 heteroatoms. The van der Waals surface area contributed by atoms with Crippen LogP contribution in [-0.4, -0.2) is 58.8 Å². The van der Waals surface area contributed by atoms with E-state index in [-0.39, 0.29) is 33.6 Å². The number of carboxylic acid groups (broad SMARTS) is 1. The maximum atomic E-state index is 12.8. The molecule has 3 heterocycles. The van der Waals surface area contributed by atoms with Gasteiger partial charge in [0.15, 0.2) is 5.13 Å². The number of carbonyl (C=O) groups is 2. The number of carbonyl (C=O) groups excluding carboxylic acids is 1. The van der Waals surface area contributed by atoms with Gasteiger partial charge >= 0.3 is 5.97 Å². The van der Waals surface area contributed by atoms with Crippen molar-refractivity contribution in [2.24, 2.45) is 5.92 Å². The summed E-state index contributed by atoms with van der Waals surface area (Å²) in [6, 6.07) is -0.207. The summed E-state index contributed by atoms with van der Waals surface area (Å²) in [5, 5.41) is 13.6. The summed E-state index contributed by atoms with van der Waals surface area (Å²) < 4.78 is 6.19. The third-order valence-electron chi connectivity index (χ3n) is 5.65. The third-order valence-corrected chi connectivity index (χ3v) is 7.80. The molecule has 0 bridgehead atoms. The van der Waals surface area contributed by atoms with Gasteiger partial charge < -0.3 is 25.0 Å². The second kappa shape index (κ2) is 8.97. The number of ether oxygens (including phenoxy) is 1. The van der Waals surface area contributed by atoms with Gasteiger partial charge in [0.2, 0.25) is 0 Å². The number of hydrogen-bond acceptors (Lipinski definition) is 6. The van der Waals surface area contributed by atoms with Gasteiger partial charge in [0, 0.05) is 25.4 Å². The first-order chi connectivity index (χ1) is 14.7. The molecule has 2 unspecified atom stereocenters. The SMILES string of the molecule is Cc1nc(N2CCC(NC(=O)c3[nH]c(C)c(Cl)c3Cl)C(OCC3CC3)C2)sc1C(=O)O. The van der Waals surface area contributed by atoms with Gasteiger partial charge in [-0.15, -0.1) is 0 Å². The van der Waals surface area contributed by atoms with Crippen LogP contribution in [0.2, 0.25) is 10.0 Å². The highest BCUT2D eigenvalue weighted by Crippen LogP contribution is 2.33. The van der Waals surface area contributed by atoms with Crippen LogP contribution in [0, 0.1) is 19.8 Å². The molecule has 1 amide bonds. The molecular weight excluding hydrogens is 463 g/mol. The van der Waals surface area contributed by atoms with E-state index in [0.717, 1.165) is 12.8 Å². The van der Waals surface area contributed by atoms with E-state index in [0.29, 0.717) is 53.6 Å². The van der Waals surface area contributed by atoms with Crippen LogP contribution >= 0.6 is 34.5 Å². The number of halogens is 2. The lowest BCUT2D eigenvalue weighted by Gasteiger charge is -2.38. The Kier molecular flexibility index (Phi) is 6.48. The second-order valence-electron chi connectivity index (χ2n) is 8.10. The summed E-state index contributed by atoms with van der Waals surface area (Å²) in [6.07, 6.45) is 2.71. The average molecular weight is 487 g/mol. The number of aryl methyl sites for hydroxylation is 2. The minimum atomic E-state index is -0.971. The van der Waals surface area contributed by atoms with E-state index in [1.54, 1.807) is 13.8 Å². The second-order valence-corrected chi connectivity index (χ2v) is 9.83. The quantitative estimate of drug-likeness (QED) is 0.547. The molecule has 3 N–H and O–H groups in total. The Labute approximate surface area is 193 Å². The molecule has 2 aromatic rings. The van der Waals surface area contributed by atoms with E-state index in [1.165, 1.54) is 11.3 Å². The molecule has 168 valence electrons. The molecule has 1 aliphatic heterocycles. The Hall–Kier alpha value is -1.81. The van der Waals surface area contributed by atoms with Gasteiger partial charge in [0.25, 0.3) is 5.91 Å². The van der Waals surface area contributed by atoms with Crippen LogP contribution in [-0.2, 0) is 4.74 Å². The van der Waals surface area contributed by atoms with Gasteiger partial charge in [-0.2, -0.15) is 0 Å². The maximum Gasteiger partial charge on any atom is 0.347 e. The Bertz CT molecular complexity index is 1000. The van der Waals surface area contributed by atoms with Crippen LogP contribution in [0.4, 0.5) is 5.13 Å². The van der Waals surface area contributed by atoms with E-state index in [9.17, 15) is 14.7 Å². The van der Waals surface area contributed by atoms with Crippen molar-refractivity contribution in [3.05, 3.63) is 32.0 Å². The lowest BCUT2D eigenvalue weighted by Crippen LogP contribution is -2.55. The predicted molar refractivity (Wildman–Crippen MR) is 120 cm³/mol. The molecule has 1 aliphatic carbocycles. The number of nitrogens with zero attached hydrogens (tertiary/aromatic N) is 2. The summed E-state index contributed by atoms with van der Waals surface area (Å²) in [5.41, 5.74) is 1.39. The Morgan fingerprint density at radius 2 is 2.03 bits per heavy atom. The van der Waals surface area contributed by atoms with Crippen LogP contribution in [0.15, 0.2) is 0 Å². The van der Waals surface area contributed by atoms with E-state index in [4.69, 9.17) is 27.9 Å². The lowest BCUT2D eigenvalue weighted by molar-refractivity contribution is 0.0146. The van der Waals surface area contributed by atoms with Crippen molar-refractivity contribution in [2.45, 2.75) is 45.3 Å². The summed E-state index contributed by atoms with van der Waals surface area (Å²) in [5.74, 6) is -0.717. The fourth-order valence-corrected chi connectivity index (χ4v) is 5.01. The normalized spacial score (nSPS) is 21.4. The molecule has 0 spiro atoms. The topological polar surface area (TPSA) is 108 Å². The van der Waals surface area contributed by atoms with Crippen LogP contribution < -0.4 is 10.2 Å². The van der Waals surface area contributed by atoms with Crippen molar-refractivity contribution in [1.82, 2.24) is 15.3 Å². The maximum absolute atomic E-state index is 12.8. The van der Waals surface area contributed by atoms with Crippen LogP contribution in [0.5, 0.6) is 0 Å². The number of anilines is 1. The Morgan fingerprint density at radius 3 is 2.61 bits per heavy atom. The smallest absolute Gasteiger partial charge is 0.347 e. The van der Waals surface area contributed by atoms with Gasteiger partial charge in [-0.05, 0) is 39.0 Å². The standard InChI is InChI=1S/C20H24Cl2N4O4S/c1-9-14(21)15(22)16(23-9)18(27)25-12-5-6-26(7-13(12)30-8-11-3-4-11)20-24-10(2)17(31-20)19(28)29/h11-13,23H,3-8H2,1-2H3,(H,25,27)(H,28,29). The fraction of sp³-hybridized carbons (Fsp3) is 0.550. The number of H-pyrrole nitrogens is 1. The van der Waals surface area contributed by atoms with E-state index >= 15 is 0 Å². The summed E-state index contributed by atoms with van der Waals surface area (Å²) in [4.78, 5) is 33.9.